The number of fused-ring (bicyclic) bond motifs is 3. The molecule has 3 unspecified atom stereocenters. The Labute approximate surface area is 186 Å². The first-order valence-electron chi connectivity index (χ1n) is 10.4. The third-order valence-corrected chi connectivity index (χ3v) is 6.45. The van der Waals surface area contributed by atoms with Crippen LogP contribution < -0.4 is 15.4 Å². The van der Waals surface area contributed by atoms with Gasteiger partial charge in [-0.05, 0) is 78.1 Å². The number of allylic oxidation sites excluding steroid dienone is 2. The summed E-state index contributed by atoms with van der Waals surface area (Å²) in [7, 11) is 1.62. The van der Waals surface area contributed by atoms with Crippen LogP contribution in [0, 0.1) is 5.92 Å². The molecule has 1 aliphatic heterocycles. The standard InChI is InChI=1S/C26H23ClN2O2/c1-31-20-12-10-19(11-13-20)28-26(30)17-7-14-24-23(15-17)21-3-2-4-22(21)25(29-24)16-5-8-18(27)9-6-16/h2-3,5-15,21-22,25,29H,4H2,1H3,(H,28,30). The monoisotopic (exact) mass is 430 g/mol. The van der Waals surface area contributed by atoms with Crippen LogP contribution in [0.1, 0.15) is 39.9 Å². The predicted octanol–water partition coefficient (Wildman–Crippen LogP) is 6.43. The fraction of sp³-hybridized carbons (Fsp3) is 0.192. The largest absolute Gasteiger partial charge is 0.497 e. The zero-order chi connectivity index (χ0) is 21.4. The summed E-state index contributed by atoms with van der Waals surface area (Å²) in [5.41, 5.74) is 4.87. The molecule has 3 aromatic rings. The first-order chi connectivity index (χ1) is 15.1. The van der Waals surface area contributed by atoms with Crippen molar-refractivity contribution in [2.24, 2.45) is 5.92 Å². The van der Waals surface area contributed by atoms with Crippen LogP contribution >= 0.6 is 11.6 Å². The lowest BCUT2D eigenvalue weighted by Crippen LogP contribution is -2.29. The van der Waals surface area contributed by atoms with Gasteiger partial charge in [-0.25, -0.2) is 0 Å². The normalized spacial score (nSPS) is 21.0. The van der Waals surface area contributed by atoms with E-state index in [0.717, 1.165) is 28.6 Å². The molecule has 0 fully saturated rings. The van der Waals surface area contributed by atoms with Gasteiger partial charge in [-0.3, -0.25) is 4.79 Å². The van der Waals surface area contributed by atoms with Crippen molar-refractivity contribution >= 4 is 28.9 Å². The molecule has 0 spiro atoms. The summed E-state index contributed by atoms with van der Waals surface area (Å²) in [6, 6.07) is 21.5. The van der Waals surface area contributed by atoms with Crippen molar-refractivity contribution in [3.63, 3.8) is 0 Å². The van der Waals surface area contributed by atoms with Gasteiger partial charge < -0.3 is 15.4 Å². The van der Waals surface area contributed by atoms with Gasteiger partial charge in [0.05, 0.1) is 13.2 Å². The molecule has 31 heavy (non-hydrogen) atoms. The van der Waals surface area contributed by atoms with Crippen LogP contribution in [0.4, 0.5) is 11.4 Å². The molecular weight excluding hydrogens is 408 g/mol. The Morgan fingerprint density at radius 2 is 1.84 bits per heavy atom. The van der Waals surface area contributed by atoms with Crippen molar-refractivity contribution in [1.82, 2.24) is 0 Å². The molecule has 0 aromatic heterocycles. The topological polar surface area (TPSA) is 50.4 Å². The first-order valence-corrected chi connectivity index (χ1v) is 10.8. The summed E-state index contributed by atoms with van der Waals surface area (Å²) in [5, 5.41) is 7.42. The molecule has 1 amide bonds. The van der Waals surface area contributed by atoms with Crippen LogP contribution in [0.2, 0.25) is 5.02 Å². The number of halogens is 1. The van der Waals surface area contributed by atoms with E-state index in [9.17, 15) is 4.79 Å². The molecule has 3 atom stereocenters. The number of amides is 1. The van der Waals surface area contributed by atoms with E-state index in [-0.39, 0.29) is 17.9 Å². The van der Waals surface area contributed by atoms with Crippen LogP contribution in [0.25, 0.3) is 0 Å². The number of nitrogens with one attached hydrogen (secondary N) is 2. The molecule has 1 heterocycles. The molecular formula is C26H23ClN2O2. The van der Waals surface area contributed by atoms with E-state index >= 15 is 0 Å². The van der Waals surface area contributed by atoms with E-state index < -0.39 is 0 Å². The Hall–Kier alpha value is -3.24. The average molecular weight is 431 g/mol. The lowest BCUT2D eigenvalue weighted by molar-refractivity contribution is 0.102. The molecule has 3 aromatic carbocycles. The number of carbonyl (C=O) groups is 1. The third-order valence-electron chi connectivity index (χ3n) is 6.20. The van der Waals surface area contributed by atoms with E-state index in [2.05, 4.69) is 34.9 Å². The van der Waals surface area contributed by atoms with Crippen molar-refractivity contribution < 1.29 is 9.53 Å². The van der Waals surface area contributed by atoms with Gasteiger partial charge in [0, 0.05) is 27.9 Å². The summed E-state index contributed by atoms with van der Waals surface area (Å²) in [4.78, 5) is 12.9. The number of hydrogen-bond donors (Lipinski definition) is 2. The van der Waals surface area contributed by atoms with Gasteiger partial charge in [0.15, 0.2) is 0 Å². The predicted molar refractivity (Wildman–Crippen MR) is 125 cm³/mol. The van der Waals surface area contributed by atoms with E-state index in [1.807, 2.05) is 54.6 Å². The summed E-state index contributed by atoms with van der Waals surface area (Å²) >= 11 is 6.09. The summed E-state index contributed by atoms with van der Waals surface area (Å²) in [6.45, 7) is 0. The van der Waals surface area contributed by atoms with E-state index in [0.29, 0.717) is 11.5 Å². The zero-order valence-electron chi connectivity index (χ0n) is 17.1. The summed E-state index contributed by atoms with van der Waals surface area (Å²) in [6.07, 6.45) is 5.53. The van der Waals surface area contributed by atoms with Gasteiger partial charge in [-0.2, -0.15) is 0 Å². The number of methoxy groups -OCH3 is 1. The van der Waals surface area contributed by atoms with Crippen molar-refractivity contribution in [2.75, 3.05) is 17.7 Å². The van der Waals surface area contributed by atoms with Crippen LogP contribution in [0.5, 0.6) is 5.75 Å². The number of anilines is 2. The number of rotatable bonds is 4. The molecule has 1 aliphatic carbocycles. The fourth-order valence-electron chi connectivity index (χ4n) is 4.61. The number of benzene rings is 3. The minimum absolute atomic E-state index is 0.119. The quantitative estimate of drug-likeness (QED) is 0.469. The second kappa shape index (κ2) is 8.12. The number of ether oxygens (including phenoxy) is 1. The molecule has 0 bridgehead atoms. The van der Waals surface area contributed by atoms with Crippen molar-refractivity contribution in [3.05, 3.63) is 101 Å². The van der Waals surface area contributed by atoms with Crippen LogP contribution in [0.3, 0.4) is 0 Å². The molecule has 0 saturated carbocycles. The van der Waals surface area contributed by atoms with Crippen LogP contribution in [0.15, 0.2) is 78.9 Å². The highest BCUT2D eigenvalue weighted by Crippen LogP contribution is 2.50. The SMILES string of the molecule is COc1ccc(NC(=O)c2ccc3c(c2)C2C=CCC2C(c2ccc(Cl)cc2)N3)cc1. The van der Waals surface area contributed by atoms with Gasteiger partial charge in [0.1, 0.15) is 5.75 Å². The lowest BCUT2D eigenvalue weighted by Gasteiger charge is -2.37. The highest BCUT2D eigenvalue weighted by Gasteiger charge is 2.38. The van der Waals surface area contributed by atoms with Gasteiger partial charge in [-0.15, -0.1) is 0 Å². The lowest BCUT2D eigenvalue weighted by atomic mass is 9.76. The molecule has 2 aliphatic rings. The Bertz CT molecular complexity index is 1140. The van der Waals surface area contributed by atoms with E-state index in [1.165, 1.54) is 11.1 Å². The maximum Gasteiger partial charge on any atom is 0.255 e. The molecule has 4 nitrogen and oxygen atoms in total. The first kappa shape index (κ1) is 19.7. The maximum absolute atomic E-state index is 12.9. The minimum Gasteiger partial charge on any atom is -0.497 e. The van der Waals surface area contributed by atoms with Gasteiger partial charge >= 0.3 is 0 Å². The molecule has 2 N–H and O–H groups in total. The Morgan fingerprint density at radius 3 is 2.58 bits per heavy atom. The van der Waals surface area contributed by atoms with Gasteiger partial charge in [0.25, 0.3) is 5.91 Å². The molecule has 0 radical (unpaired) electrons. The van der Waals surface area contributed by atoms with Crippen molar-refractivity contribution in [2.45, 2.75) is 18.4 Å². The Balaban J connectivity index is 1.41. The van der Waals surface area contributed by atoms with Crippen LogP contribution in [-0.2, 0) is 0 Å². The van der Waals surface area contributed by atoms with Crippen molar-refractivity contribution in [3.8, 4) is 5.75 Å². The third kappa shape index (κ3) is 3.79. The molecule has 156 valence electrons. The highest BCUT2D eigenvalue weighted by atomic mass is 35.5. The zero-order valence-corrected chi connectivity index (χ0v) is 17.9. The summed E-state index contributed by atoms with van der Waals surface area (Å²) in [5.74, 6) is 1.33. The number of carbonyl (C=O) groups excluding carboxylic acids is 1. The summed E-state index contributed by atoms with van der Waals surface area (Å²) < 4.78 is 5.17. The maximum atomic E-state index is 12.9. The van der Waals surface area contributed by atoms with Crippen molar-refractivity contribution in [1.29, 1.82) is 0 Å². The Morgan fingerprint density at radius 1 is 1.06 bits per heavy atom. The molecule has 5 rings (SSSR count). The van der Waals surface area contributed by atoms with Gasteiger partial charge in [-0.1, -0.05) is 35.9 Å². The second-order valence-corrected chi connectivity index (χ2v) is 8.45. The van der Waals surface area contributed by atoms with E-state index in [4.69, 9.17) is 16.3 Å². The highest BCUT2D eigenvalue weighted by molar-refractivity contribution is 6.30. The van der Waals surface area contributed by atoms with Crippen LogP contribution in [-0.4, -0.2) is 13.0 Å². The number of hydrogen-bond acceptors (Lipinski definition) is 3. The average Bonchev–Trinajstić information content (AvgIpc) is 3.30. The Kier molecular flexibility index (Phi) is 5.16. The van der Waals surface area contributed by atoms with Gasteiger partial charge in [0.2, 0.25) is 0 Å². The molecule has 5 heteroatoms. The molecule has 0 saturated heterocycles. The van der Waals surface area contributed by atoms with E-state index in [1.54, 1.807) is 7.11 Å². The smallest absolute Gasteiger partial charge is 0.255 e. The fourth-order valence-corrected chi connectivity index (χ4v) is 4.74. The minimum atomic E-state index is -0.119. The second-order valence-electron chi connectivity index (χ2n) is 8.01.